The molecule has 2 N–H and O–H groups in total. The van der Waals surface area contributed by atoms with Crippen molar-refractivity contribution in [2.24, 2.45) is 5.73 Å². The summed E-state index contributed by atoms with van der Waals surface area (Å²) in [5.41, 5.74) is 7.45. The van der Waals surface area contributed by atoms with Gasteiger partial charge in [-0.2, -0.15) is 5.10 Å². The van der Waals surface area contributed by atoms with Crippen LogP contribution in [0.25, 0.3) is 0 Å². The highest BCUT2D eigenvalue weighted by atomic mass is 127. The summed E-state index contributed by atoms with van der Waals surface area (Å²) in [7, 11) is 1.60. The molecule has 10 heteroatoms. The lowest BCUT2D eigenvalue weighted by Gasteiger charge is -2.36. The average Bonchev–Trinajstić information content (AvgIpc) is 2.95. The van der Waals surface area contributed by atoms with Crippen LogP contribution in [0.1, 0.15) is 5.69 Å². The van der Waals surface area contributed by atoms with E-state index < -0.39 is 0 Å². The predicted octanol–water partition coefficient (Wildman–Crippen LogP) is 2.61. The van der Waals surface area contributed by atoms with E-state index in [0.717, 1.165) is 18.8 Å². The largest absolute Gasteiger partial charge is 0.495 e. The molecule has 0 unspecified atom stereocenters. The van der Waals surface area contributed by atoms with Gasteiger partial charge in [0.2, 0.25) is 5.91 Å². The van der Waals surface area contributed by atoms with E-state index in [2.05, 4.69) is 10.00 Å². The van der Waals surface area contributed by atoms with Crippen LogP contribution < -0.4 is 15.4 Å². The Morgan fingerprint density at radius 2 is 2.00 bits per heavy atom. The molecule has 3 rings (SSSR count). The monoisotopic (exact) mass is 523 g/mol. The molecule has 1 aromatic carbocycles. The smallest absolute Gasteiger partial charge is 0.244 e. The van der Waals surface area contributed by atoms with E-state index in [1.54, 1.807) is 11.8 Å². The Morgan fingerprint density at radius 3 is 2.63 bits per heavy atom. The topological polar surface area (TPSA) is 76.6 Å². The molecule has 0 spiro atoms. The number of carbonyl (C=O) groups excluding carboxylic acids is 1. The lowest BCUT2D eigenvalue weighted by atomic mass is 10.2. The number of piperazine rings is 1. The molecule has 0 aliphatic carbocycles. The molecule has 0 bridgehead atoms. The van der Waals surface area contributed by atoms with Crippen LogP contribution in [0.5, 0.6) is 5.75 Å². The van der Waals surface area contributed by atoms with Gasteiger partial charge in [-0.1, -0.05) is 23.2 Å². The number of nitrogens with two attached hydrogens (primary N) is 1. The third-order valence-electron chi connectivity index (χ3n) is 4.57. The molecule has 0 atom stereocenters. The molecule has 2 heterocycles. The van der Waals surface area contributed by atoms with Gasteiger partial charge in [0, 0.05) is 44.5 Å². The lowest BCUT2D eigenvalue weighted by Crippen LogP contribution is -2.49. The number of ether oxygens (including phenoxy) is 1. The first-order valence-corrected chi connectivity index (χ1v) is 10.2. The van der Waals surface area contributed by atoms with E-state index in [-0.39, 0.29) is 19.0 Å². The number of methoxy groups -OCH3 is 1. The standard InChI is InChI=1S/C17H20Cl2IN5O2/c1-27-14-8-11(2-3-12(14)18)23-4-6-24(7-5-23)15(26)10-25-13(9-21)16(19)17(20)22-25/h2-3,8H,4-7,9-10,21H2,1H3. The van der Waals surface area contributed by atoms with Gasteiger partial charge in [0.15, 0.2) is 0 Å². The first kappa shape index (κ1) is 20.5. The van der Waals surface area contributed by atoms with E-state index in [0.29, 0.717) is 38.3 Å². The number of rotatable bonds is 5. The molecule has 0 saturated carbocycles. The van der Waals surface area contributed by atoms with Gasteiger partial charge in [0.1, 0.15) is 16.0 Å². The molecule has 1 aliphatic heterocycles. The third-order valence-corrected chi connectivity index (χ3v) is 6.35. The molecule has 1 fully saturated rings. The Balaban J connectivity index is 1.62. The van der Waals surface area contributed by atoms with Crippen LogP contribution in [0.4, 0.5) is 5.69 Å². The Hall–Kier alpha value is -1.23. The molecule has 0 radical (unpaired) electrons. The maximum atomic E-state index is 12.7. The minimum atomic E-state index is 0.00797. The van der Waals surface area contributed by atoms with Crippen molar-refractivity contribution in [3.63, 3.8) is 0 Å². The summed E-state index contributed by atoms with van der Waals surface area (Å²) in [6.07, 6.45) is 0. The molecular formula is C17H20Cl2IN5O2. The van der Waals surface area contributed by atoms with E-state index in [4.69, 9.17) is 33.7 Å². The number of hydrogen-bond acceptors (Lipinski definition) is 5. The van der Waals surface area contributed by atoms with Crippen LogP contribution in [-0.4, -0.2) is 53.9 Å². The SMILES string of the molecule is COc1cc(N2CCN(C(=O)Cn3nc(I)c(Cl)c3CN)CC2)ccc1Cl. The third kappa shape index (κ3) is 4.44. The van der Waals surface area contributed by atoms with Crippen molar-refractivity contribution in [2.45, 2.75) is 13.1 Å². The minimum absolute atomic E-state index is 0.00797. The fourth-order valence-corrected chi connectivity index (χ4v) is 4.03. The Kier molecular flexibility index (Phi) is 6.72. The van der Waals surface area contributed by atoms with Gasteiger partial charge < -0.3 is 20.3 Å². The zero-order valence-electron chi connectivity index (χ0n) is 14.8. The summed E-state index contributed by atoms with van der Waals surface area (Å²) in [6.45, 7) is 3.12. The van der Waals surface area contributed by atoms with Crippen molar-refractivity contribution in [2.75, 3.05) is 38.2 Å². The second kappa shape index (κ2) is 8.85. The van der Waals surface area contributed by atoms with Crippen LogP contribution in [0.15, 0.2) is 18.2 Å². The van der Waals surface area contributed by atoms with Gasteiger partial charge in [-0.15, -0.1) is 0 Å². The highest BCUT2D eigenvalue weighted by molar-refractivity contribution is 14.1. The van der Waals surface area contributed by atoms with E-state index in [1.165, 1.54) is 0 Å². The molecular weight excluding hydrogens is 504 g/mol. The Labute approximate surface area is 181 Å². The molecule has 7 nitrogen and oxygen atoms in total. The van der Waals surface area contributed by atoms with Crippen molar-refractivity contribution in [3.05, 3.63) is 37.6 Å². The first-order chi connectivity index (χ1) is 12.9. The maximum Gasteiger partial charge on any atom is 0.244 e. The summed E-state index contributed by atoms with van der Waals surface area (Å²) < 4.78 is 7.54. The zero-order chi connectivity index (χ0) is 19.6. The summed E-state index contributed by atoms with van der Waals surface area (Å²) in [4.78, 5) is 16.7. The summed E-state index contributed by atoms with van der Waals surface area (Å²) in [6, 6.07) is 5.70. The van der Waals surface area contributed by atoms with Crippen LogP contribution in [0.3, 0.4) is 0 Å². The van der Waals surface area contributed by atoms with Gasteiger partial charge in [0.25, 0.3) is 0 Å². The normalized spacial score (nSPS) is 14.6. The van der Waals surface area contributed by atoms with Crippen LogP contribution in [-0.2, 0) is 17.9 Å². The van der Waals surface area contributed by atoms with Crippen molar-refractivity contribution in [3.8, 4) is 5.75 Å². The van der Waals surface area contributed by atoms with Gasteiger partial charge in [-0.3, -0.25) is 9.48 Å². The van der Waals surface area contributed by atoms with Crippen LogP contribution >= 0.6 is 45.8 Å². The molecule has 1 aliphatic rings. The lowest BCUT2D eigenvalue weighted by molar-refractivity contribution is -0.132. The number of amides is 1. The summed E-state index contributed by atoms with van der Waals surface area (Å²) in [5.74, 6) is 0.653. The number of halogens is 3. The molecule has 1 amide bonds. The average molecular weight is 524 g/mol. The van der Waals surface area contributed by atoms with E-state index >= 15 is 0 Å². The number of carbonyl (C=O) groups is 1. The fraction of sp³-hybridized carbons (Fsp3) is 0.412. The van der Waals surface area contributed by atoms with Gasteiger partial charge in [0.05, 0.1) is 22.8 Å². The van der Waals surface area contributed by atoms with Crippen molar-refractivity contribution < 1.29 is 9.53 Å². The van der Waals surface area contributed by atoms with Crippen molar-refractivity contribution in [1.82, 2.24) is 14.7 Å². The highest BCUT2D eigenvalue weighted by Gasteiger charge is 2.24. The fourth-order valence-electron chi connectivity index (χ4n) is 3.06. The molecule has 2 aromatic rings. The zero-order valence-corrected chi connectivity index (χ0v) is 18.5. The summed E-state index contributed by atoms with van der Waals surface area (Å²) >= 11 is 14.3. The van der Waals surface area contributed by atoms with Crippen LogP contribution in [0, 0.1) is 3.70 Å². The first-order valence-electron chi connectivity index (χ1n) is 8.41. The Bertz CT molecular complexity index is 837. The van der Waals surface area contributed by atoms with Gasteiger partial charge in [-0.25, -0.2) is 0 Å². The predicted molar refractivity (Wildman–Crippen MR) is 115 cm³/mol. The summed E-state index contributed by atoms with van der Waals surface area (Å²) in [5, 5.41) is 5.42. The van der Waals surface area contributed by atoms with Crippen molar-refractivity contribution >= 4 is 57.4 Å². The number of anilines is 1. The van der Waals surface area contributed by atoms with Crippen LogP contribution in [0.2, 0.25) is 10.0 Å². The maximum absolute atomic E-state index is 12.7. The number of nitrogens with zero attached hydrogens (tertiary/aromatic N) is 4. The quantitative estimate of drug-likeness (QED) is 0.610. The minimum Gasteiger partial charge on any atom is -0.495 e. The Morgan fingerprint density at radius 1 is 1.30 bits per heavy atom. The van der Waals surface area contributed by atoms with Gasteiger partial charge in [-0.05, 0) is 34.7 Å². The van der Waals surface area contributed by atoms with Gasteiger partial charge >= 0.3 is 0 Å². The molecule has 27 heavy (non-hydrogen) atoms. The van der Waals surface area contributed by atoms with E-state index in [9.17, 15) is 4.79 Å². The number of aromatic nitrogens is 2. The second-order valence-electron chi connectivity index (χ2n) is 6.10. The molecule has 1 saturated heterocycles. The second-order valence-corrected chi connectivity index (χ2v) is 7.91. The number of hydrogen-bond donors (Lipinski definition) is 1. The van der Waals surface area contributed by atoms with E-state index in [1.807, 2.05) is 45.7 Å². The molecule has 146 valence electrons. The molecule has 1 aromatic heterocycles. The highest BCUT2D eigenvalue weighted by Crippen LogP contribution is 2.30. The number of benzene rings is 1. The van der Waals surface area contributed by atoms with Crippen molar-refractivity contribution in [1.29, 1.82) is 0 Å².